The van der Waals surface area contributed by atoms with E-state index in [9.17, 15) is 0 Å². The number of hydrogen-bond acceptors (Lipinski definition) is 1. The van der Waals surface area contributed by atoms with E-state index < -0.39 is 0 Å². The van der Waals surface area contributed by atoms with Gasteiger partial charge in [-0.05, 0) is 31.1 Å². The molecular formula is C16H31N. The molecule has 1 nitrogen and oxygen atoms in total. The summed E-state index contributed by atoms with van der Waals surface area (Å²) >= 11 is 0. The van der Waals surface area contributed by atoms with E-state index in [1.165, 1.54) is 51.4 Å². The van der Waals surface area contributed by atoms with E-state index in [0.29, 0.717) is 11.1 Å². The van der Waals surface area contributed by atoms with Crippen molar-refractivity contribution in [3.8, 4) is 0 Å². The fourth-order valence-electron chi connectivity index (χ4n) is 4.27. The van der Waals surface area contributed by atoms with Crippen LogP contribution in [-0.2, 0) is 0 Å². The molecule has 3 rings (SSSR count). The van der Waals surface area contributed by atoms with E-state index in [2.05, 4.69) is 33.0 Å². The van der Waals surface area contributed by atoms with E-state index in [1.807, 2.05) is 0 Å². The van der Waals surface area contributed by atoms with E-state index in [1.54, 1.807) is 0 Å². The summed E-state index contributed by atoms with van der Waals surface area (Å²) < 4.78 is 0. The predicted molar refractivity (Wildman–Crippen MR) is 75.2 cm³/mol. The Kier molecular flexibility index (Phi) is 3.87. The largest absolute Gasteiger partial charge is 0.305 e. The third-order valence-corrected chi connectivity index (χ3v) is 5.99. The fraction of sp³-hybridized carbons (Fsp3) is 1.00. The molecular weight excluding hydrogens is 206 g/mol. The zero-order valence-corrected chi connectivity index (χ0v) is 12.3. The number of hydrogen-bond donors (Lipinski definition) is 1. The minimum atomic E-state index is 0.499. The molecule has 0 aromatic rings. The van der Waals surface area contributed by atoms with Gasteiger partial charge in [-0.25, -0.2) is 0 Å². The van der Waals surface area contributed by atoms with Gasteiger partial charge in [0.1, 0.15) is 0 Å². The Morgan fingerprint density at radius 2 is 1.29 bits per heavy atom. The third-order valence-electron chi connectivity index (χ3n) is 5.99. The molecule has 3 aliphatic rings. The van der Waals surface area contributed by atoms with Crippen LogP contribution < -0.4 is 5.32 Å². The molecule has 4 atom stereocenters. The van der Waals surface area contributed by atoms with Crippen molar-refractivity contribution >= 4 is 0 Å². The Bertz CT molecular complexity index is 228. The van der Waals surface area contributed by atoms with E-state index in [-0.39, 0.29) is 0 Å². The summed E-state index contributed by atoms with van der Waals surface area (Å²) in [4.78, 5) is 0. The second-order valence-corrected chi connectivity index (χ2v) is 6.79. The van der Waals surface area contributed by atoms with Crippen LogP contribution in [0.3, 0.4) is 0 Å². The molecule has 0 aromatic carbocycles. The summed E-state index contributed by atoms with van der Waals surface area (Å²) in [7, 11) is 0. The maximum absolute atomic E-state index is 4.11. The zero-order chi connectivity index (χ0) is 12.5. The first-order valence-electron chi connectivity index (χ1n) is 7.88. The first-order valence-corrected chi connectivity index (χ1v) is 7.88. The van der Waals surface area contributed by atoms with Gasteiger partial charge >= 0.3 is 0 Å². The minimum absolute atomic E-state index is 0.499. The highest BCUT2D eigenvalue weighted by Gasteiger charge is 2.57. The van der Waals surface area contributed by atoms with Crippen LogP contribution in [-0.4, -0.2) is 11.1 Å². The summed E-state index contributed by atoms with van der Waals surface area (Å²) in [6, 6.07) is 0. The number of nitrogens with one attached hydrogen (secondary N) is 1. The quantitative estimate of drug-likeness (QED) is 0.758. The first kappa shape index (κ1) is 13.4. The van der Waals surface area contributed by atoms with E-state index in [4.69, 9.17) is 0 Å². The highest BCUT2D eigenvalue weighted by atomic mass is 15.2. The molecule has 2 heterocycles. The van der Waals surface area contributed by atoms with Crippen molar-refractivity contribution in [1.82, 2.24) is 5.32 Å². The molecule has 1 aliphatic carbocycles. The van der Waals surface area contributed by atoms with Crippen LogP contribution in [0.1, 0.15) is 79.1 Å². The second kappa shape index (κ2) is 4.91. The lowest BCUT2D eigenvalue weighted by molar-refractivity contribution is -0.0557. The van der Waals surface area contributed by atoms with Crippen LogP contribution in [0, 0.1) is 11.8 Å². The number of rotatable bonds is 4. The Balaban J connectivity index is 2.13. The van der Waals surface area contributed by atoms with Gasteiger partial charge in [0.2, 0.25) is 0 Å². The van der Waals surface area contributed by atoms with Crippen molar-refractivity contribution in [2.45, 2.75) is 90.1 Å². The van der Waals surface area contributed by atoms with Crippen molar-refractivity contribution in [1.29, 1.82) is 0 Å². The Morgan fingerprint density at radius 3 is 1.65 bits per heavy atom. The smallest absolute Gasteiger partial charge is 0.0229 e. The Labute approximate surface area is 108 Å². The van der Waals surface area contributed by atoms with Crippen molar-refractivity contribution in [2.24, 2.45) is 11.8 Å². The van der Waals surface area contributed by atoms with Crippen LogP contribution in [0.4, 0.5) is 0 Å². The van der Waals surface area contributed by atoms with Gasteiger partial charge in [0.05, 0.1) is 0 Å². The van der Waals surface area contributed by atoms with Crippen molar-refractivity contribution < 1.29 is 0 Å². The van der Waals surface area contributed by atoms with Gasteiger partial charge in [0, 0.05) is 11.1 Å². The molecule has 1 N–H and O–H groups in total. The van der Waals surface area contributed by atoms with Crippen molar-refractivity contribution in [2.75, 3.05) is 0 Å². The van der Waals surface area contributed by atoms with Crippen LogP contribution >= 0.6 is 0 Å². The van der Waals surface area contributed by atoms with Crippen molar-refractivity contribution in [3.63, 3.8) is 0 Å². The number of fused-ring (bicyclic) bond motifs is 4. The molecule has 0 spiro atoms. The molecule has 2 bridgehead atoms. The van der Waals surface area contributed by atoms with Gasteiger partial charge in [-0.3, -0.25) is 0 Å². The summed E-state index contributed by atoms with van der Waals surface area (Å²) in [6.07, 6.45) is 11.3. The summed E-state index contributed by atoms with van der Waals surface area (Å²) in [5.41, 5.74) is 0.997. The van der Waals surface area contributed by atoms with Gasteiger partial charge in [-0.1, -0.05) is 59.8 Å². The van der Waals surface area contributed by atoms with Crippen molar-refractivity contribution in [3.05, 3.63) is 0 Å². The average Bonchev–Trinajstić information content (AvgIpc) is 2.25. The fourth-order valence-corrected chi connectivity index (χ4v) is 4.27. The topological polar surface area (TPSA) is 12.0 Å². The Morgan fingerprint density at radius 1 is 0.882 bits per heavy atom. The molecule has 17 heavy (non-hydrogen) atoms. The third kappa shape index (κ3) is 2.16. The van der Waals surface area contributed by atoms with Crippen LogP contribution in [0.15, 0.2) is 0 Å². The molecule has 0 amide bonds. The molecule has 0 aromatic heterocycles. The summed E-state index contributed by atoms with van der Waals surface area (Å²) in [5.74, 6) is 1.69. The zero-order valence-electron chi connectivity index (χ0n) is 12.3. The average molecular weight is 237 g/mol. The highest BCUT2D eigenvalue weighted by Crippen LogP contribution is 2.51. The van der Waals surface area contributed by atoms with Gasteiger partial charge in [-0.15, -0.1) is 0 Å². The molecule has 2 saturated heterocycles. The lowest BCUT2D eigenvalue weighted by Gasteiger charge is -2.64. The minimum Gasteiger partial charge on any atom is -0.305 e. The molecule has 1 heteroatoms. The maximum atomic E-state index is 4.11. The van der Waals surface area contributed by atoms with Gasteiger partial charge < -0.3 is 5.32 Å². The summed E-state index contributed by atoms with van der Waals surface area (Å²) in [5, 5.41) is 4.11. The normalized spacial score (nSPS) is 40.9. The molecule has 1 saturated carbocycles. The van der Waals surface area contributed by atoms with Gasteiger partial charge in [-0.2, -0.15) is 0 Å². The van der Waals surface area contributed by atoms with E-state index >= 15 is 0 Å². The van der Waals surface area contributed by atoms with E-state index in [0.717, 1.165) is 11.8 Å². The van der Waals surface area contributed by atoms with Crippen LogP contribution in [0.2, 0.25) is 0 Å². The molecule has 4 unspecified atom stereocenters. The van der Waals surface area contributed by atoms with Crippen LogP contribution in [0.25, 0.3) is 0 Å². The first-order chi connectivity index (χ1) is 8.08. The van der Waals surface area contributed by atoms with Crippen LogP contribution in [0.5, 0.6) is 0 Å². The lowest BCUT2D eigenvalue weighted by Crippen LogP contribution is -2.76. The lowest BCUT2D eigenvalue weighted by atomic mass is 9.56. The standard InChI is InChI=1S/C16H31N/c1-5-13(3)15-10-8-7-9-11-16(12-15,17-15)14(4)6-2/h13-14,17H,5-12H2,1-4H3. The molecule has 3 fully saturated rings. The SMILES string of the molecule is CCC(C)C12CCCCCC(C(C)CC)(C1)N2. The van der Waals surface area contributed by atoms with Gasteiger partial charge in [0.15, 0.2) is 0 Å². The summed E-state index contributed by atoms with van der Waals surface area (Å²) in [6.45, 7) is 9.61. The van der Waals surface area contributed by atoms with Gasteiger partial charge in [0.25, 0.3) is 0 Å². The predicted octanol–water partition coefficient (Wildman–Crippen LogP) is 4.51. The maximum Gasteiger partial charge on any atom is 0.0229 e. The second-order valence-electron chi connectivity index (χ2n) is 6.79. The Hall–Kier alpha value is -0.0400. The molecule has 100 valence electrons. The monoisotopic (exact) mass is 237 g/mol. The molecule has 2 aliphatic heterocycles. The highest BCUT2D eigenvalue weighted by molar-refractivity contribution is 5.16. The molecule has 0 radical (unpaired) electrons.